The van der Waals surface area contributed by atoms with E-state index in [1.807, 2.05) is 83.8 Å². The monoisotopic (exact) mass is 567 g/mol. The summed E-state index contributed by atoms with van der Waals surface area (Å²) in [5, 5.41) is 14.5. The molecule has 0 spiro atoms. The van der Waals surface area contributed by atoms with Gasteiger partial charge in [-0.3, -0.25) is 9.69 Å². The summed E-state index contributed by atoms with van der Waals surface area (Å²) in [6.45, 7) is 0.673. The van der Waals surface area contributed by atoms with E-state index in [1.54, 1.807) is 7.05 Å². The number of aromatic carboxylic acids is 1. The van der Waals surface area contributed by atoms with Gasteiger partial charge in [-0.1, -0.05) is 78.9 Å². The van der Waals surface area contributed by atoms with Gasteiger partial charge in [-0.25, -0.2) is 14.0 Å². The highest BCUT2D eigenvalue weighted by Crippen LogP contribution is 2.44. The number of fused-ring (bicyclic) bond motifs is 3. The van der Waals surface area contributed by atoms with Gasteiger partial charge in [0.15, 0.2) is 0 Å². The van der Waals surface area contributed by atoms with Gasteiger partial charge in [0.05, 0.1) is 5.56 Å². The van der Waals surface area contributed by atoms with Crippen LogP contribution in [0.4, 0.5) is 14.9 Å². The number of rotatable bonds is 10. The van der Waals surface area contributed by atoms with Crippen molar-refractivity contribution >= 4 is 23.7 Å². The smallest absolute Gasteiger partial charge is 0.407 e. The molecule has 3 N–H and O–H groups in total. The average molecular weight is 568 g/mol. The number of ether oxygens (including phenoxy) is 1. The van der Waals surface area contributed by atoms with Gasteiger partial charge >= 0.3 is 12.1 Å². The minimum atomic E-state index is -1.33. The fourth-order valence-electron chi connectivity index (χ4n) is 5.26. The predicted molar refractivity (Wildman–Crippen MR) is 157 cm³/mol. The summed E-state index contributed by atoms with van der Waals surface area (Å²) >= 11 is 0. The van der Waals surface area contributed by atoms with Crippen LogP contribution in [0.5, 0.6) is 0 Å². The second-order valence-electron chi connectivity index (χ2n) is 10.2. The van der Waals surface area contributed by atoms with Crippen molar-refractivity contribution in [2.75, 3.05) is 25.5 Å². The lowest BCUT2D eigenvalue weighted by molar-refractivity contribution is -0.118. The van der Waals surface area contributed by atoms with Gasteiger partial charge in [0.1, 0.15) is 18.5 Å². The Kier molecular flexibility index (Phi) is 8.59. The van der Waals surface area contributed by atoms with Crippen molar-refractivity contribution in [1.82, 2.24) is 10.2 Å². The molecule has 0 aromatic heterocycles. The van der Waals surface area contributed by atoms with Gasteiger partial charge in [-0.2, -0.15) is 0 Å². The molecule has 1 aliphatic rings. The van der Waals surface area contributed by atoms with E-state index in [-0.39, 0.29) is 30.3 Å². The average Bonchev–Trinajstić information content (AvgIpc) is 3.29. The standard InChI is InChI=1S/C33H30FN3O5/c1-37(18-21-9-3-2-4-10-21)19-30(31(38)35-24-16-22(32(39)40)15-23(34)17-24)36-33(41)42-20-29-27-13-7-5-11-25(27)26-12-6-8-14-28(26)29/h2-17,29-30H,18-20H2,1H3,(H,35,38)(H,36,41)(H,39,40). The normalized spacial score (nSPS) is 12.7. The van der Waals surface area contributed by atoms with Crippen LogP contribution in [0.15, 0.2) is 97.1 Å². The van der Waals surface area contributed by atoms with Gasteiger partial charge in [0, 0.05) is 24.7 Å². The van der Waals surface area contributed by atoms with E-state index in [0.717, 1.165) is 46.0 Å². The Hall–Kier alpha value is -5.02. The highest BCUT2D eigenvalue weighted by Gasteiger charge is 2.30. The maximum Gasteiger partial charge on any atom is 0.407 e. The number of nitrogens with one attached hydrogen (secondary N) is 2. The lowest BCUT2D eigenvalue weighted by atomic mass is 9.98. The van der Waals surface area contributed by atoms with Gasteiger partial charge in [-0.15, -0.1) is 0 Å². The maximum atomic E-state index is 14.0. The molecule has 8 nitrogen and oxygen atoms in total. The summed E-state index contributed by atoms with van der Waals surface area (Å²) in [7, 11) is 1.80. The first-order valence-electron chi connectivity index (χ1n) is 13.5. The van der Waals surface area contributed by atoms with Crippen molar-refractivity contribution < 1.29 is 28.6 Å². The molecule has 42 heavy (non-hydrogen) atoms. The molecule has 5 rings (SSSR count). The molecule has 1 aliphatic carbocycles. The number of anilines is 1. The van der Waals surface area contributed by atoms with Crippen molar-refractivity contribution in [3.63, 3.8) is 0 Å². The molecule has 214 valence electrons. The third kappa shape index (κ3) is 6.64. The van der Waals surface area contributed by atoms with Crippen LogP contribution in [0, 0.1) is 5.82 Å². The molecule has 9 heteroatoms. The number of carbonyl (C=O) groups is 3. The van der Waals surface area contributed by atoms with E-state index in [1.165, 1.54) is 0 Å². The zero-order valence-electron chi connectivity index (χ0n) is 22.9. The van der Waals surface area contributed by atoms with E-state index < -0.39 is 29.8 Å². The molecule has 0 saturated carbocycles. The molecular weight excluding hydrogens is 537 g/mol. The van der Waals surface area contributed by atoms with Crippen LogP contribution in [0.3, 0.4) is 0 Å². The third-order valence-corrected chi connectivity index (χ3v) is 7.15. The lowest BCUT2D eigenvalue weighted by Gasteiger charge is -2.25. The summed E-state index contributed by atoms with van der Waals surface area (Å²) < 4.78 is 19.7. The summed E-state index contributed by atoms with van der Waals surface area (Å²) in [6.07, 6.45) is -0.782. The van der Waals surface area contributed by atoms with Gasteiger partial charge < -0.3 is 20.5 Å². The molecule has 0 radical (unpaired) electrons. The van der Waals surface area contributed by atoms with Crippen LogP contribution in [-0.2, 0) is 16.1 Å². The van der Waals surface area contributed by atoms with Crippen molar-refractivity contribution in [3.8, 4) is 11.1 Å². The maximum absolute atomic E-state index is 14.0. The van der Waals surface area contributed by atoms with Crippen LogP contribution in [0.2, 0.25) is 0 Å². The number of alkyl carbamates (subject to hydrolysis) is 1. The predicted octanol–water partition coefficient (Wildman–Crippen LogP) is 5.50. The zero-order chi connectivity index (χ0) is 29.6. The van der Waals surface area contributed by atoms with Crippen molar-refractivity contribution in [1.29, 1.82) is 0 Å². The third-order valence-electron chi connectivity index (χ3n) is 7.15. The highest BCUT2D eigenvalue weighted by molar-refractivity contribution is 5.98. The van der Waals surface area contributed by atoms with Crippen molar-refractivity contribution in [2.45, 2.75) is 18.5 Å². The van der Waals surface area contributed by atoms with Gasteiger partial charge in [0.2, 0.25) is 5.91 Å². The zero-order valence-corrected chi connectivity index (χ0v) is 22.9. The molecule has 2 amide bonds. The molecule has 1 unspecified atom stereocenters. The number of carboxylic acid groups (broad SMARTS) is 1. The fourth-order valence-corrected chi connectivity index (χ4v) is 5.26. The molecule has 0 heterocycles. The van der Waals surface area contributed by atoms with Gasteiger partial charge in [0.25, 0.3) is 0 Å². The fraction of sp³-hybridized carbons (Fsp3) is 0.182. The number of amides is 2. The van der Waals surface area contributed by atoms with E-state index in [4.69, 9.17) is 4.74 Å². The Balaban J connectivity index is 1.30. The number of benzene rings is 4. The Bertz CT molecular complexity index is 1570. The number of hydrogen-bond acceptors (Lipinski definition) is 5. The Morgan fingerprint density at radius 2 is 1.52 bits per heavy atom. The number of halogens is 1. The van der Waals surface area contributed by atoms with E-state index in [2.05, 4.69) is 10.6 Å². The topological polar surface area (TPSA) is 108 Å². The molecule has 4 aromatic rings. The van der Waals surface area contributed by atoms with Crippen LogP contribution < -0.4 is 10.6 Å². The van der Waals surface area contributed by atoms with E-state index in [9.17, 15) is 23.9 Å². The molecule has 4 aromatic carbocycles. The Labute approximate surface area is 242 Å². The second kappa shape index (κ2) is 12.7. The first-order valence-corrected chi connectivity index (χ1v) is 13.5. The molecule has 0 bridgehead atoms. The number of hydrogen-bond donors (Lipinski definition) is 3. The molecule has 0 saturated heterocycles. The Morgan fingerprint density at radius 3 is 2.17 bits per heavy atom. The molecule has 0 fully saturated rings. The van der Waals surface area contributed by atoms with Crippen molar-refractivity contribution in [2.24, 2.45) is 0 Å². The first-order chi connectivity index (χ1) is 20.3. The van der Waals surface area contributed by atoms with E-state index in [0.29, 0.717) is 6.54 Å². The van der Waals surface area contributed by atoms with Gasteiger partial charge in [-0.05, 0) is 53.1 Å². The lowest BCUT2D eigenvalue weighted by Crippen LogP contribution is -2.50. The number of nitrogens with zero attached hydrogens (tertiary/aromatic N) is 1. The summed E-state index contributed by atoms with van der Waals surface area (Å²) in [6, 6.07) is 27.5. The quantitative estimate of drug-likeness (QED) is 0.234. The summed E-state index contributed by atoms with van der Waals surface area (Å²) in [5.41, 5.74) is 4.97. The van der Waals surface area contributed by atoms with Crippen LogP contribution in [0.1, 0.15) is 33.0 Å². The Morgan fingerprint density at radius 1 is 0.905 bits per heavy atom. The number of carbonyl (C=O) groups excluding carboxylic acids is 2. The molecule has 0 aliphatic heterocycles. The minimum Gasteiger partial charge on any atom is -0.478 e. The van der Waals surface area contributed by atoms with Crippen LogP contribution in [0.25, 0.3) is 11.1 Å². The number of carboxylic acids is 1. The summed E-state index contributed by atoms with van der Waals surface area (Å²) in [4.78, 5) is 39.6. The largest absolute Gasteiger partial charge is 0.478 e. The van der Waals surface area contributed by atoms with E-state index >= 15 is 0 Å². The van der Waals surface area contributed by atoms with Crippen molar-refractivity contribution in [3.05, 3.63) is 125 Å². The second-order valence-corrected chi connectivity index (χ2v) is 10.2. The number of likely N-dealkylation sites (N-methyl/N-ethyl adjacent to an activating group) is 1. The summed E-state index contributed by atoms with van der Waals surface area (Å²) in [5.74, 6) is -2.95. The SMILES string of the molecule is CN(Cc1ccccc1)CC(NC(=O)OCC1c2ccccc2-c2ccccc21)C(=O)Nc1cc(F)cc(C(=O)O)c1. The van der Waals surface area contributed by atoms with Crippen LogP contribution >= 0.6 is 0 Å². The molecular formula is C33H30FN3O5. The highest BCUT2D eigenvalue weighted by atomic mass is 19.1. The minimum absolute atomic E-state index is 0.0394. The van der Waals surface area contributed by atoms with Crippen LogP contribution in [-0.4, -0.2) is 54.2 Å². The first kappa shape index (κ1) is 28.5. The molecule has 1 atom stereocenters.